The summed E-state index contributed by atoms with van der Waals surface area (Å²) in [6, 6.07) is 8.28. The van der Waals surface area contributed by atoms with Gasteiger partial charge in [0.05, 0.1) is 18.8 Å². The predicted octanol–water partition coefficient (Wildman–Crippen LogP) is 3.23. The Balaban J connectivity index is 2.25. The molecule has 1 aromatic heterocycles. The molecule has 2 rings (SSSR count). The number of aromatic nitrogens is 2. The van der Waals surface area contributed by atoms with Crippen LogP contribution in [0.15, 0.2) is 61.2 Å². The molecule has 1 aromatic carbocycles. The number of amides is 2. The van der Waals surface area contributed by atoms with Gasteiger partial charge in [0.15, 0.2) is 0 Å². The molecule has 0 aliphatic heterocycles. The quantitative estimate of drug-likeness (QED) is 0.613. The zero-order valence-electron chi connectivity index (χ0n) is 16.0. The Morgan fingerprint density at radius 2 is 1.96 bits per heavy atom. The van der Waals surface area contributed by atoms with Gasteiger partial charge in [0.1, 0.15) is 5.82 Å². The second kappa shape index (κ2) is 10.0. The molecule has 7 heteroatoms. The van der Waals surface area contributed by atoms with Gasteiger partial charge in [-0.2, -0.15) is 5.10 Å². The van der Waals surface area contributed by atoms with E-state index < -0.39 is 0 Å². The van der Waals surface area contributed by atoms with Crippen LogP contribution in [0, 0.1) is 0 Å². The van der Waals surface area contributed by atoms with E-state index in [1.807, 2.05) is 25.2 Å². The molecule has 7 nitrogen and oxygen atoms in total. The Bertz CT molecular complexity index is 908. The number of hydrogen-bond acceptors (Lipinski definition) is 4. The van der Waals surface area contributed by atoms with Crippen LogP contribution in [0.2, 0.25) is 0 Å². The molecule has 2 aromatic rings. The molecule has 1 heterocycles. The van der Waals surface area contributed by atoms with Gasteiger partial charge in [0.25, 0.3) is 5.91 Å². The molecular formula is C21H24N4O3. The second-order valence-corrected chi connectivity index (χ2v) is 5.93. The highest BCUT2D eigenvalue weighted by Crippen LogP contribution is 2.20. The summed E-state index contributed by atoms with van der Waals surface area (Å²) in [5.41, 5.74) is 2.48. The van der Waals surface area contributed by atoms with E-state index >= 15 is 0 Å². The van der Waals surface area contributed by atoms with Crippen LogP contribution in [-0.2, 0) is 11.3 Å². The maximum absolute atomic E-state index is 12.6. The lowest BCUT2D eigenvalue weighted by Crippen LogP contribution is -2.16. The fraction of sp³-hybridized carbons (Fsp3) is 0.190. The molecule has 0 aliphatic carbocycles. The average molecular weight is 380 g/mol. The molecule has 3 N–H and O–H groups in total. The minimum atomic E-state index is -0.322. The summed E-state index contributed by atoms with van der Waals surface area (Å²) in [6.45, 7) is 7.25. The van der Waals surface area contributed by atoms with Gasteiger partial charge >= 0.3 is 0 Å². The largest absolute Gasteiger partial charge is 0.394 e. The smallest absolute Gasteiger partial charge is 0.256 e. The van der Waals surface area contributed by atoms with Crippen molar-refractivity contribution in [2.45, 2.75) is 20.4 Å². The van der Waals surface area contributed by atoms with E-state index in [0.29, 0.717) is 22.8 Å². The van der Waals surface area contributed by atoms with Crippen LogP contribution < -0.4 is 10.6 Å². The van der Waals surface area contributed by atoms with Gasteiger partial charge in [-0.25, -0.2) is 4.68 Å². The minimum absolute atomic E-state index is 0.114. The van der Waals surface area contributed by atoms with Crippen molar-refractivity contribution in [2.24, 2.45) is 0 Å². The highest BCUT2D eigenvalue weighted by molar-refractivity contribution is 6.04. The first-order valence-electron chi connectivity index (χ1n) is 8.82. The topological polar surface area (TPSA) is 96.2 Å². The van der Waals surface area contributed by atoms with E-state index in [-0.39, 0.29) is 25.0 Å². The lowest BCUT2D eigenvalue weighted by molar-refractivity contribution is -0.114. The summed E-state index contributed by atoms with van der Waals surface area (Å²) >= 11 is 0. The summed E-state index contributed by atoms with van der Waals surface area (Å²) in [4.78, 5) is 23.7. The molecule has 2 amide bonds. The normalized spacial score (nSPS) is 11.5. The highest BCUT2D eigenvalue weighted by atomic mass is 16.3. The molecule has 0 atom stereocenters. The number of anilines is 2. The number of carbonyl (C=O) groups is 2. The monoisotopic (exact) mass is 380 g/mol. The van der Waals surface area contributed by atoms with E-state index in [1.165, 1.54) is 11.6 Å². The van der Waals surface area contributed by atoms with Crippen molar-refractivity contribution in [2.75, 3.05) is 17.2 Å². The summed E-state index contributed by atoms with van der Waals surface area (Å²) < 4.78 is 1.53. The third kappa shape index (κ3) is 5.52. The van der Waals surface area contributed by atoms with Crippen LogP contribution in [0.25, 0.3) is 5.57 Å². The SMILES string of the molecule is C=C/C(=C\C=C/C)c1cc(NC(=O)c2ccc(NC(C)=O)cc2)n(CCO)n1. The Morgan fingerprint density at radius 1 is 1.25 bits per heavy atom. The first-order chi connectivity index (χ1) is 13.5. The van der Waals surface area contributed by atoms with Gasteiger partial charge in [-0.3, -0.25) is 9.59 Å². The summed E-state index contributed by atoms with van der Waals surface area (Å²) in [5.74, 6) is -0.0348. The molecule has 0 saturated heterocycles. The number of aliphatic hydroxyl groups excluding tert-OH is 1. The molecule has 0 bridgehead atoms. The Kier molecular flexibility index (Phi) is 7.47. The van der Waals surface area contributed by atoms with Crippen molar-refractivity contribution in [3.8, 4) is 0 Å². The molecule has 0 spiro atoms. The van der Waals surface area contributed by atoms with Gasteiger partial charge < -0.3 is 15.7 Å². The summed E-state index contributed by atoms with van der Waals surface area (Å²) in [7, 11) is 0. The van der Waals surface area contributed by atoms with Crippen molar-refractivity contribution >= 4 is 28.9 Å². The van der Waals surface area contributed by atoms with Crippen LogP contribution in [-0.4, -0.2) is 33.3 Å². The van der Waals surface area contributed by atoms with E-state index in [2.05, 4.69) is 22.3 Å². The molecule has 0 radical (unpaired) electrons. The zero-order chi connectivity index (χ0) is 20.5. The molecular weight excluding hydrogens is 356 g/mol. The van der Waals surface area contributed by atoms with Crippen LogP contribution in [0.5, 0.6) is 0 Å². The standard InChI is InChI=1S/C21H24N4O3/c1-4-6-7-16(5-2)19-14-20(25(24-19)12-13-26)23-21(28)17-8-10-18(11-9-17)22-15(3)27/h4-11,14,26H,2,12-13H2,1,3H3,(H,22,27)(H,23,28)/b6-4-,16-7+. The maximum atomic E-state index is 12.6. The number of benzene rings is 1. The minimum Gasteiger partial charge on any atom is -0.394 e. The van der Waals surface area contributed by atoms with Gasteiger partial charge in [-0.15, -0.1) is 0 Å². The van der Waals surface area contributed by atoms with Crippen molar-refractivity contribution in [3.63, 3.8) is 0 Å². The Hall–Kier alpha value is -3.45. The number of allylic oxidation sites excluding steroid dienone is 5. The zero-order valence-corrected chi connectivity index (χ0v) is 16.0. The van der Waals surface area contributed by atoms with E-state index in [9.17, 15) is 14.7 Å². The highest BCUT2D eigenvalue weighted by Gasteiger charge is 2.13. The van der Waals surface area contributed by atoms with Crippen LogP contribution >= 0.6 is 0 Å². The Labute approximate surface area is 164 Å². The van der Waals surface area contributed by atoms with Gasteiger partial charge in [-0.1, -0.05) is 30.9 Å². The molecule has 0 fully saturated rings. The lowest BCUT2D eigenvalue weighted by Gasteiger charge is -2.08. The molecule has 28 heavy (non-hydrogen) atoms. The van der Waals surface area contributed by atoms with E-state index in [1.54, 1.807) is 36.4 Å². The molecule has 146 valence electrons. The molecule has 0 aliphatic rings. The number of aliphatic hydroxyl groups is 1. The van der Waals surface area contributed by atoms with E-state index in [4.69, 9.17) is 0 Å². The van der Waals surface area contributed by atoms with Gasteiger partial charge in [0, 0.05) is 29.8 Å². The van der Waals surface area contributed by atoms with Crippen LogP contribution in [0.1, 0.15) is 29.9 Å². The number of nitrogens with zero attached hydrogens (tertiary/aromatic N) is 2. The number of hydrogen-bond donors (Lipinski definition) is 3. The predicted molar refractivity (Wildman–Crippen MR) is 111 cm³/mol. The summed E-state index contributed by atoms with van der Waals surface area (Å²) in [6.07, 6.45) is 7.31. The lowest BCUT2D eigenvalue weighted by atomic mass is 10.1. The van der Waals surface area contributed by atoms with Crippen LogP contribution in [0.4, 0.5) is 11.5 Å². The third-order valence-electron chi connectivity index (χ3n) is 3.78. The van der Waals surface area contributed by atoms with Crippen molar-refractivity contribution in [3.05, 3.63) is 72.5 Å². The first kappa shape index (κ1) is 20.9. The molecule has 0 saturated carbocycles. The maximum Gasteiger partial charge on any atom is 0.256 e. The number of nitrogens with one attached hydrogen (secondary N) is 2. The molecule has 0 unspecified atom stereocenters. The van der Waals surface area contributed by atoms with Gasteiger partial charge in [0.2, 0.25) is 5.91 Å². The van der Waals surface area contributed by atoms with Crippen molar-refractivity contribution in [1.29, 1.82) is 0 Å². The summed E-state index contributed by atoms with van der Waals surface area (Å²) in [5, 5.41) is 19.2. The van der Waals surface area contributed by atoms with Crippen LogP contribution in [0.3, 0.4) is 0 Å². The van der Waals surface area contributed by atoms with E-state index in [0.717, 1.165) is 5.57 Å². The Morgan fingerprint density at radius 3 is 2.54 bits per heavy atom. The van der Waals surface area contributed by atoms with Crippen molar-refractivity contribution in [1.82, 2.24) is 9.78 Å². The second-order valence-electron chi connectivity index (χ2n) is 5.93. The van der Waals surface area contributed by atoms with Crippen molar-refractivity contribution < 1.29 is 14.7 Å². The fourth-order valence-electron chi connectivity index (χ4n) is 2.48. The average Bonchev–Trinajstić information content (AvgIpc) is 3.05. The first-order valence-corrected chi connectivity index (χ1v) is 8.82. The third-order valence-corrected chi connectivity index (χ3v) is 3.78. The number of rotatable bonds is 8. The van der Waals surface area contributed by atoms with Gasteiger partial charge in [-0.05, 0) is 31.2 Å². The fourth-order valence-corrected chi connectivity index (χ4v) is 2.48. The number of carbonyl (C=O) groups excluding carboxylic acids is 2.